The molecule has 0 unspecified atom stereocenters. The molecular formula is C68H45N3O. The molecule has 13 aromatic rings. The molecule has 2 heterocycles. The van der Waals surface area contributed by atoms with E-state index < -0.39 is 0 Å². The van der Waals surface area contributed by atoms with Crippen molar-refractivity contribution in [3.05, 3.63) is 273 Å². The van der Waals surface area contributed by atoms with Crippen LogP contribution < -0.4 is 0 Å². The maximum Gasteiger partial charge on any atom is 0.248 e. The van der Waals surface area contributed by atoms with Crippen LogP contribution >= 0.6 is 0 Å². The molecule has 0 saturated heterocycles. The number of fused-ring (bicyclic) bond motifs is 3. The lowest BCUT2D eigenvalue weighted by Crippen LogP contribution is -1.94. The lowest BCUT2D eigenvalue weighted by Gasteiger charge is -2.16. The topological polar surface area (TPSA) is 43.9 Å². The summed E-state index contributed by atoms with van der Waals surface area (Å²) in [7, 11) is 0. The first-order valence-electron chi connectivity index (χ1n) is 24.4. The van der Waals surface area contributed by atoms with Crippen molar-refractivity contribution in [1.82, 2.24) is 14.8 Å². The van der Waals surface area contributed by atoms with Crippen LogP contribution in [0.25, 0.3) is 128 Å². The molecule has 0 fully saturated rings. The van der Waals surface area contributed by atoms with Crippen LogP contribution in [0.15, 0.2) is 277 Å². The summed E-state index contributed by atoms with van der Waals surface area (Å²) in [6.07, 6.45) is 0. The monoisotopic (exact) mass is 919 g/mol. The minimum Gasteiger partial charge on any atom is -0.416 e. The summed E-state index contributed by atoms with van der Waals surface area (Å²) >= 11 is 0. The Labute approximate surface area is 418 Å². The smallest absolute Gasteiger partial charge is 0.248 e. The van der Waals surface area contributed by atoms with E-state index >= 15 is 0 Å². The first kappa shape index (κ1) is 42.5. The average Bonchev–Trinajstić information content (AvgIpc) is 4.10. The van der Waals surface area contributed by atoms with Gasteiger partial charge in [0.1, 0.15) is 0 Å². The highest BCUT2D eigenvalue weighted by molar-refractivity contribution is 6.12. The molecule has 0 saturated carbocycles. The third kappa shape index (κ3) is 7.97. The zero-order valence-corrected chi connectivity index (χ0v) is 39.2. The number of hydrogen-bond acceptors (Lipinski definition) is 3. The van der Waals surface area contributed by atoms with Crippen molar-refractivity contribution in [3.63, 3.8) is 0 Å². The van der Waals surface area contributed by atoms with Crippen LogP contribution in [0.3, 0.4) is 0 Å². The molecule has 0 radical (unpaired) electrons. The molecule has 0 aliphatic heterocycles. The van der Waals surface area contributed by atoms with Gasteiger partial charge in [0.15, 0.2) is 0 Å². The van der Waals surface area contributed by atoms with Gasteiger partial charge in [-0.1, -0.05) is 200 Å². The highest BCUT2D eigenvalue weighted by Crippen LogP contribution is 2.42. The first-order chi connectivity index (χ1) is 35.7. The summed E-state index contributed by atoms with van der Waals surface area (Å²) < 4.78 is 8.51. The van der Waals surface area contributed by atoms with E-state index in [4.69, 9.17) is 4.42 Å². The van der Waals surface area contributed by atoms with E-state index in [2.05, 4.69) is 257 Å². The number of nitrogens with zero attached hydrogens (tertiary/aromatic N) is 3. The van der Waals surface area contributed by atoms with Crippen LogP contribution in [0.4, 0.5) is 0 Å². The van der Waals surface area contributed by atoms with Crippen LogP contribution in [0.2, 0.25) is 0 Å². The molecule has 11 aromatic carbocycles. The molecule has 4 heteroatoms. The van der Waals surface area contributed by atoms with E-state index in [1.165, 1.54) is 66.4 Å². The Morgan fingerprint density at radius 2 is 0.556 bits per heavy atom. The molecule has 0 bridgehead atoms. The van der Waals surface area contributed by atoms with Crippen LogP contribution in [-0.2, 0) is 0 Å². The lowest BCUT2D eigenvalue weighted by molar-refractivity contribution is 0.584. The molecule has 338 valence electrons. The summed E-state index contributed by atoms with van der Waals surface area (Å²) in [5.74, 6) is 0.998. The summed E-state index contributed by atoms with van der Waals surface area (Å²) in [5.41, 5.74) is 21.6. The molecule has 0 N–H and O–H groups in total. The molecule has 0 spiro atoms. The minimum absolute atomic E-state index is 0.493. The molecule has 0 atom stereocenters. The summed E-state index contributed by atoms with van der Waals surface area (Å²) in [5, 5.41) is 11.1. The van der Waals surface area contributed by atoms with E-state index in [1.54, 1.807) is 0 Å². The second-order valence-corrected chi connectivity index (χ2v) is 18.2. The molecule has 72 heavy (non-hydrogen) atoms. The molecule has 0 aliphatic carbocycles. The van der Waals surface area contributed by atoms with Crippen molar-refractivity contribution in [3.8, 4) is 106 Å². The van der Waals surface area contributed by atoms with Crippen molar-refractivity contribution in [1.29, 1.82) is 0 Å². The number of hydrogen-bond donors (Lipinski definition) is 0. The van der Waals surface area contributed by atoms with Gasteiger partial charge in [-0.15, -0.1) is 10.2 Å². The largest absolute Gasteiger partial charge is 0.416 e. The van der Waals surface area contributed by atoms with Crippen molar-refractivity contribution in [2.45, 2.75) is 0 Å². The van der Waals surface area contributed by atoms with Gasteiger partial charge in [0, 0.05) is 27.6 Å². The second-order valence-electron chi connectivity index (χ2n) is 18.2. The quantitative estimate of drug-likeness (QED) is 0.137. The van der Waals surface area contributed by atoms with E-state index in [9.17, 15) is 0 Å². The van der Waals surface area contributed by atoms with Crippen LogP contribution in [0.5, 0.6) is 0 Å². The van der Waals surface area contributed by atoms with Gasteiger partial charge in [0.05, 0.1) is 11.0 Å². The highest BCUT2D eigenvalue weighted by atomic mass is 16.4. The summed E-state index contributed by atoms with van der Waals surface area (Å²) in [6.45, 7) is 0. The van der Waals surface area contributed by atoms with E-state index in [0.717, 1.165) is 50.1 Å². The Bertz CT molecular complexity index is 3920. The second kappa shape index (κ2) is 18.4. The molecule has 4 nitrogen and oxygen atoms in total. The SMILES string of the molecule is c1ccc(-c2cccc(-c3ccc4c(c3)c3cc(-c5cccc(-c6ccccc6)c5)ccc3n4-c3ccc(-c4ccccc4-c4ccccc4-c4ccc(-c5nnc(-c6ccccc6)o5)cc4)cc3)c2)cc1. The average molecular weight is 920 g/mol. The highest BCUT2D eigenvalue weighted by Gasteiger charge is 2.18. The fourth-order valence-corrected chi connectivity index (χ4v) is 10.2. The zero-order chi connectivity index (χ0) is 47.8. The number of benzene rings is 11. The zero-order valence-electron chi connectivity index (χ0n) is 39.2. The van der Waals surface area contributed by atoms with E-state index in [-0.39, 0.29) is 0 Å². The fourth-order valence-electron chi connectivity index (χ4n) is 10.2. The van der Waals surface area contributed by atoms with Crippen molar-refractivity contribution >= 4 is 21.8 Å². The van der Waals surface area contributed by atoms with E-state index in [0.29, 0.717) is 11.8 Å². The molecule has 13 rings (SSSR count). The van der Waals surface area contributed by atoms with Crippen LogP contribution in [0.1, 0.15) is 0 Å². The maximum atomic E-state index is 6.08. The predicted molar refractivity (Wildman–Crippen MR) is 298 cm³/mol. The lowest BCUT2D eigenvalue weighted by atomic mass is 9.89. The predicted octanol–water partition coefficient (Wildman–Crippen LogP) is 18.2. The third-order valence-electron chi connectivity index (χ3n) is 13.8. The number of rotatable bonds is 10. The normalized spacial score (nSPS) is 11.3. The van der Waals surface area contributed by atoms with Gasteiger partial charge >= 0.3 is 0 Å². The molecule has 0 aliphatic rings. The Morgan fingerprint density at radius 3 is 1.01 bits per heavy atom. The third-order valence-corrected chi connectivity index (χ3v) is 13.8. The summed E-state index contributed by atoms with van der Waals surface area (Å²) in [4.78, 5) is 0. The van der Waals surface area contributed by atoms with Crippen LogP contribution in [-0.4, -0.2) is 14.8 Å². The van der Waals surface area contributed by atoms with Gasteiger partial charge < -0.3 is 8.98 Å². The van der Waals surface area contributed by atoms with Gasteiger partial charge in [-0.2, -0.15) is 0 Å². The fraction of sp³-hybridized carbons (Fsp3) is 0. The molecule has 0 amide bonds. The Kier molecular flexibility index (Phi) is 10.8. The Balaban J connectivity index is 0.873. The minimum atomic E-state index is 0.493. The standard InChI is InChI=1S/C68H45N3O/c1-4-16-46(17-5-1)52-22-14-24-54(42-52)56-36-40-65-63(44-56)64-45-57(55-25-15-23-53(43-55)47-18-6-2-7-19-47)37-41-66(64)71(65)58-38-34-49(35-39-58)60-27-11-13-29-62(60)61-28-12-10-26-59(61)48-30-32-51(33-31-48)68-70-69-67(72-68)50-20-8-3-9-21-50/h1-45H. The van der Waals surface area contributed by atoms with Gasteiger partial charge in [0.2, 0.25) is 11.8 Å². The van der Waals surface area contributed by atoms with E-state index in [1.807, 2.05) is 30.3 Å². The first-order valence-corrected chi connectivity index (χ1v) is 24.4. The Hall–Kier alpha value is -9.64. The van der Waals surface area contributed by atoms with Crippen molar-refractivity contribution < 1.29 is 4.42 Å². The molecule has 2 aromatic heterocycles. The van der Waals surface area contributed by atoms with Gasteiger partial charge in [-0.3, -0.25) is 0 Å². The summed E-state index contributed by atoms with van der Waals surface area (Å²) in [6, 6.07) is 97.6. The molecular weight excluding hydrogens is 875 g/mol. The number of aromatic nitrogens is 3. The van der Waals surface area contributed by atoms with Crippen molar-refractivity contribution in [2.75, 3.05) is 0 Å². The van der Waals surface area contributed by atoms with Gasteiger partial charge in [-0.25, -0.2) is 0 Å². The van der Waals surface area contributed by atoms with Crippen molar-refractivity contribution in [2.24, 2.45) is 0 Å². The van der Waals surface area contributed by atoms with Gasteiger partial charge in [-0.05, 0) is 151 Å². The maximum absolute atomic E-state index is 6.08. The Morgan fingerprint density at radius 1 is 0.236 bits per heavy atom. The van der Waals surface area contributed by atoms with Crippen LogP contribution in [0, 0.1) is 0 Å². The van der Waals surface area contributed by atoms with Gasteiger partial charge in [0.25, 0.3) is 0 Å².